The SMILES string of the molecule is C=C(C)CC1(CCC(=O)OCC)NC(=O)N(CCC)C1=O. The van der Waals surface area contributed by atoms with Crippen molar-refractivity contribution in [3.05, 3.63) is 12.2 Å². The number of nitrogens with one attached hydrogen (secondary N) is 1. The number of hydrogen-bond acceptors (Lipinski definition) is 4. The second-order valence-corrected chi connectivity index (χ2v) is 5.41. The van der Waals surface area contributed by atoms with Gasteiger partial charge in [-0.05, 0) is 26.7 Å². The van der Waals surface area contributed by atoms with E-state index in [1.54, 1.807) is 13.8 Å². The number of urea groups is 1. The molecule has 0 radical (unpaired) electrons. The molecule has 0 aromatic heterocycles. The molecule has 1 saturated heterocycles. The Labute approximate surface area is 125 Å². The maximum absolute atomic E-state index is 12.6. The zero-order valence-corrected chi connectivity index (χ0v) is 13.0. The highest BCUT2D eigenvalue weighted by Crippen LogP contribution is 2.29. The minimum absolute atomic E-state index is 0.0904. The number of nitrogens with zero attached hydrogens (tertiary/aromatic N) is 1. The summed E-state index contributed by atoms with van der Waals surface area (Å²) in [5.41, 5.74) is -0.281. The van der Waals surface area contributed by atoms with Gasteiger partial charge in [-0.25, -0.2) is 4.79 Å². The van der Waals surface area contributed by atoms with E-state index in [1.807, 2.05) is 6.92 Å². The van der Waals surface area contributed by atoms with E-state index in [2.05, 4.69) is 11.9 Å². The van der Waals surface area contributed by atoms with Crippen LogP contribution in [-0.4, -0.2) is 41.5 Å². The monoisotopic (exact) mass is 296 g/mol. The molecule has 1 aliphatic heterocycles. The summed E-state index contributed by atoms with van der Waals surface area (Å²) in [6.07, 6.45) is 1.34. The molecule has 21 heavy (non-hydrogen) atoms. The molecule has 1 N–H and O–H groups in total. The molecule has 118 valence electrons. The number of carbonyl (C=O) groups is 3. The molecule has 1 atom stereocenters. The number of rotatable bonds is 8. The van der Waals surface area contributed by atoms with Gasteiger partial charge in [0.05, 0.1) is 6.61 Å². The Bertz CT molecular complexity index is 447. The summed E-state index contributed by atoms with van der Waals surface area (Å²) >= 11 is 0. The Morgan fingerprint density at radius 2 is 2.05 bits per heavy atom. The molecule has 0 bridgehead atoms. The fourth-order valence-corrected chi connectivity index (χ4v) is 2.54. The van der Waals surface area contributed by atoms with Crippen molar-refractivity contribution in [1.29, 1.82) is 0 Å². The van der Waals surface area contributed by atoms with Gasteiger partial charge in [0.2, 0.25) is 0 Å². The van der Waals surface area contributed by atoms with E-state index in [1.165, 1.54) is 4.90 Å². The smallest absolute Gasteiger partial charge is 0.325 e. The predicted octanol–water partition coefficient (Wildman–Crippen LogP) is 2.00. The zero-order valence-electron chi connectivity index (χ0n) is 13.0. The summed E-state index contributed by atoms with van der Waals surface area (Å²) in [5.74, 6) is -0.642. The third-order valence-electron chi connectivity index (χ3n) is 3.36. The van der Waals surface area contributed by atoms with Crippen molar-refractivity contribution < 1.29 is 19.1 Å². The van der Waals surface area contributed by atoms with Crippen molar-refractivity contribution in [2.45, 2.75) is 52.0 Å². The van der Waals surface area contributed by atoms with Gasteiger partial charge in [-0.2, -0.15) is 0 Å². The molecule has 1 aliphatic rings. The van der Waals surface area contributed by atoms with Crippen molar-refractivity contribution in [3.63, 3.8) is 0 Å². The Kier molecular flexibility index (Phi) is 5.93. The molecule has 6 heteroatoms. The Hall–Kier alpha value is -1.85. The first kappa shape index (κ1) is 17.2. The third kappa shape index (κ3) is 4.06. The summed E-state index contributed by atoms with van der Waals surface area (Å²) in [6.45, 7) is 9.93. The molecule has 0 saturated carbocycles. The lowest BCUT2D eigenvalue weighted by Gasteiger charge is -2.26. The second-order valence-electron chi connectivity index (χ2n) is 5.41. The van der Waals surface area contributed by atoms with E-state index in [-0.39, 0.29) is 24.7 Å². The second kappa shape index (κ2) is 7.24. The Morgan fingerprint density at radius 3 is 2.57 bits per heavy atom. The highest BCUT2D eigenvalue weighted by Gasteiger charge is 2.50. The Balaban J connectivity index is 2.89. The molecule has 1 rings (SSSR count). The molecule has 1 heterocycles. The van der Waals surface area contributed by atoms with Crippen LogP contribution in [0.3, 0.4) is 0 Å². The minimum atomic E-state index is -1.06. The molecule has 1 fully saturated rings. The highest BCUT2D eigenvalue weighted by atomic mass is 16.5. The lowest BCUT2D eigenvalue weighted by molar-refractivity contribution is -0.143. The molecule has 3 amide bonds. The maximum atomic E-state index is 12.6. The third-order valence-corrected chi connectivity index (χ3v) is 3.36. The molecule has 1 unspecified atom stereocenters. The molecule has 0 aromatic rings. The van der Waals surface area contributed by atoms with Crippen LogP contribution in [0.5, 0.6) is 0 Å². The summed E-state index contributed by atoms with van der Waals surface area (Å²) in [6, 6.07) is -0.396. The van der Waals surface area contributed by atoms with E-state index in [9.17, 15) is 14.4 Å². The van der Waals surface area contributed by atoms with E-state index < -0.39 is 11.6 Å². The van der Waals surface area contributed by atoms with Gasteiger partial charge in [-0.3, -0.25) is 14.5 Å². The van der Waals surface area contributed by atoms with Crippen molar-refractivity contribution in [3.8, 4) is 0 Å². The molecule has 6 nitrogen and oxygen atoms in total. The minimum Gasteiger partial charge on any atom is -0.466 e. The number of imide groups is 1. The predicted molar refractivity (Wildman–Crippen MR) is 78.6 cm³/mol. The first-order valence-corrected chi connectivity index (χ1v) is 7.30. The van der Waals surface area contributed by atoms with Gasteiger partial charge in [-0.1, -0.05) is 12.5 Å². The molecule has 0 aliphatic carbocycles. The van der Waals surface area contributed by atoms with Crippen molar-refractivity contribution >= 4 is 17.9 Å². The lowest BCUT2D eigenvalue weighted by atomic mass is 9.86. The van der Waals surface area contributed by atoms with Crippen LogP contribution in [0.25, 0.3) is 0 Å². The van der Waals surface area contributed by atoms with E-state index in [4.69, 9.17) is 4.74 Å². The molecular weight excluding hydrogens is 272 g/mol. The van der Waals surface area contributed by atoms with Gasteiger partial charge in [0.1, 0.15) is 5.54 Å². The van der Waals surface area contributed by atoms with Gasteiger partial charge in [0.15, 0.2) is 0 Å². The summed E-state index contributed by atoms with van der Waals surface area (Å²) in [4.78, 5) is 37.3. The summed E-state index contributed by atoms with van der Waals surface area (Å²) in [5, 5.41) is 2.75. The first-order valence-electron chi connectivity index (χ1n) is 7.30. The molecular formula is C15H24N2O4. The normalized spacial score (nSPS) is 21.4. The first-order chi connectivity index (χ1) is 9.86. The topological polar surface area (TPSA) is 75.7 Å². The molecule has 0 spiro atoms. The average Bonchev–Trinajstić information content (AvgIpc) is 2.61. The highest BCUT2D eigenvalue weighted by molar-refractivity contribution is 6.07. The lowest BCUT2D eigenvalue weighted by Crippen LogP contribution is -2.47. The number of hydrogen-bond donors (Lipinski definition) is 1. The van der Waals surface area contributed by atoms with Crippen molar-refractivity contribution in [2.75, 3.05) is 13.2 Å². The summed E-state index contributed by atoms with van der Waals surface area (Å²) < 4.78 is 4.89. The van der Waals surface area contributed by atoms with Crippen LogP contribution >= 0.6 is 0 Å². The van der Waals surface area contributed by atoms with Crippen molar-refractivity contribution in [1.82, 2.24) is 10.2 Å². The Morgan fingerprint density at radius 1 is 1.38 bits per heavy atom. The number of carbonyl (C=O) groups excluding carboxylic acids is 3. The van der Waals surface area contributed by atoms with Crippen LogP contribution in [0.1, 0.15) is 46.5 Å². The average molecular weight is 296 g/mol. The van der Waals surface area contributed by atoms with Crippen molar-refractivity contribution in [2.24, 2.45) is 0 Å². The van der Waals surface area contributed by atoms with Gasteiger partial charge < -0.3 is 10.1 Å². The zero-order chi connectivity index (χ0) is 16.0. The fourth-order valence-electron chi connectivity index (χ4n) is 2.54. The van der Waals surface area contributed by atoms with Gasteiger partial charge in [0, 0.05) is 19.4 Å². The van der Waals surface area contributed by atoms with Crippen LogP contribution in [-0.2, 0) is 14.3 Å². The number of esters is 1. The number of amides is 3. The standard InChI is InChI=1S/C15H24N2O4/c1-5-9-17-13(19)15(10-11(3)4,16-14(17)20)8-7-12(18)21-6-2/h3,5-10H2,1-2,4H3,(H,16,20). The van der Waals surface area contributed by atoms with E-state index >= 15 is 0 Å². The number of ether oxygens (including phenoxy) is 1. The van der Waals surface area contributed by atoms with Crippen LogP contribution in [0.4, 0.5) is 4.79 Å². The maximum Gasteiger partial charge on any atom is 0.325 e. The fraction of sp³-hybridized carbons (Fsp3) is 0.667. The van der Waals surface area contributed by atoms with Gasteiger partial charge in [-0.15, -0.1) is 6.58 Å². The van der Waals surface area contributed by atoms with Crippen LogP contribution < -0.4 is 5.32 Å². The van der Waals surface area contributed by atoms with E-state index in [0.717, 1.165) is 5.57 Å². The quantitative estimate of drug-likeness (QED) is 0.422. The summed E-state index contributed by atoms with van der Waals surface area (Å²) in [7, 11) is 0. The largest absolute Gasteiger partial charge is 0.466 e. The van der Waals surface area contributed by atoms with Gasteiger partial charge >= 0.3 is 12.0 Å². The van der Waals surface area contributed by atoms with Crippen LogP contribution in [0.2, 0.25) is 0 Å². The van der Waals surface area contributed by atoms with Crippen LogP contribution in [0, 0.1) is 0 Å². The molecule has 0 aromatic carbocycles. The van der Waals surface area contributed by atoms with E-state index in [0.29, 0.717) is 26.0 Å². The van der Waals surface area contributed by atoms with Crippen LogP contribution in [0.15, 0.2) is 12.2 Å². The van der Waals surface area contributed by atoms with Gasteiger partial charge in [0.25, 0.3) is 5.91 Å².